The summed E-state index contributed by atoms with van der Waals surface area (Å²) in [7, 11) is 0. The SMILES string of the molecule is Cc1ccc(C(=O)NCCCc2nc3ccccc3n2CCCCOc2ccccc2)c(C)c1. The van der Waals surface area contributed by atoms with Crippen LogP contribution in [0.15, 0.2) is 72.8 Å². The molecule has 0 saturated carbocycles. The molecule has 0 radical (unpaired) electrons. The topological polar surface area (TPSA) is 56.2 Å². The van der Waals surface area contributed by atoms with Crippen molar-refractivity contribution >= 4 is 16.9 Å². The van der Waals surface area contributed by atoms with Crippen molar-refractivity contribution in [1.29, 1.82) is 0 Å². The van der Waals surface area contributed by atoms with Gasteiger partial charge < -0.3 is 14.6 Å². The summed E-state index contributed by atoms with van der Waals surface area (Å²) in [5.41, 5.74) is 5.11. The van der Waals surface area contributed by atoms with Crippen LogP contribution in [0.2, 0.25) is 0 Å². The van der Waals surface area contributed by atoms with E-state index in [1.54, 1.807) is 0 Å². The lowest BCUT2D eigenvalue weighted by molar-refractivity contribution is 0.0952. The first-order chi connectivity index (χ1) is 16.6. The molecule has 0 atom stereocenters. The molecule has 176 valence electrons. The van der Waals surface area contributed by atoms with Crippen LogP contribution in [0.3, 0.4) is 0 Å². The van der Waals surface area contributed by atoms with Crippen LogP contribution in [-0.2, 0) is 13.0 Å². The van der Waals surface area contributed by atoms with E-state index in [0.29, 0.717) is 13.2 Å². The Balaban J connectivity index is 1.30. The summed E-state index contributed by atoms with van der Waals surface area (Å²) in [6.45, 7) is 6.26. The van der Waals surface area contributed by atoms with Gasteiger partial charge in [0.25, 0.3) is 5.91 Å². The lowest BCUT2D eigenvalue weighted by Gasteiger charge is -2.11. The first-order valence-electron chi connectivity index (χ1n) is 12.1. The highest BCUT2D eigenvalue weighted by molar-refractivity contribution is 5.95. The molecular weight excluding hydrogens is 422 g/mol. The quantitative estimate of drug-likeness (QED) is 0.288. The molecule has 1 aromatic heterocycles. The van der Waals surface area contributed by atoms with E-state index in [1.165, 1.54) is 11.1 Å². The van der Waals surface area contributed by atoms with E-state index >= 15 is 0 Å². The number of rotatable bonds is 11. The van der Waals surface area contributed by atoms with Crippen molar-refractivity contribution in [3.8, 4) is 5.75 Å². The number of imidazole rings is 1. The zero-order valence-corrected chi connectivity index (χ0v) is 20.1. The first kappa shape index (κ1) is 23.6. The van der Waals surface area contributed by atoms with Crippen molar-refractivity contribution in [2.45, 2.75) is 46.1 Å². The average Bonchev–Trinajstić information content (AvgIpc) is 3.19. The first-order valence-corrected chi connectivity index (χ1v) is 12.1. The van der Waals surface area contributed by atoms with Gasteiger partial charge in [-0.3, -0.25) is 4.79 Å². The van der Waals surface area contributed by atoms with E-state index in [4.69, 9.17) is 9.72 Å². The highest BCUT2D eigenvalue weighted by atomic mass is 16.5. The fourth-order valence-electron chi connectivity index (χ4n) is 4.26. The second-order valence-electron chi connectivity index (χ2n) is 8.71. The Bertz CT molecular complexity index is 1230. The van der Waals surface area contributed by atoms with Gasteiger partial charge in [-0.15, -0.1) is 0 Å². The zero-order valence-electron chi connectivity index (χ0n) is 20.1. The summed E-state index contributed by atoms with van der Waals surface area (Å²) in [6.07, 6.45) is 3.66. The lowest BCUT2D eigenvalue weighted by Crippen LogP contribution is -2.25. The van der Waals surface area contributed by atoms with Crippen LogP contribution in [0.25, 0.3) is 11.0 Å². The summed E-state index contributed by atoms with van der Waals surface area (Å²) in [4.78, 5) is 17.4. The standard InChI is InChI=1S/C29H33N3O2/c1-22-16-17-25(23(2)21-22)29(33)30-18-10-15-28-31-26-13-6-7-14-27(26)32(28)19-8-9-20-34-24-11-4-3-5-12-24/h3-7,11-14,16-17,21H,8-10,15,18-20H2,1-2H3,(H,30,33). The van der Waals surface area contributed by atoms with Gasteiger partial charge in [-0.25, -0.2) is 4.98 Å². The molecule has 5 heteroatoms. The van der Waals surface area contributed by atoms with Crippen LogP contribution in [0, 0.1) is 13.8 Å². The number of aromatic nitrogens is 2. The molecule has 0 spiro atoms. The Hall–Kier alpha value is -3.60. The molecule has 3 aromatic carbocycles. The number of benzene rings is 3. The fraction of sp³-hybridized carbons (Fsp3) is 0.310. The third-order valence-electron chi connectivity index (χ3n) is 6.01. The maximum atomic E-state index is 12.6. The third kappa shape index (κ3) is 6.04. The molecule has 1 heterocycles. The number of aryl methyl sites for hydroxylation is 4. The number of unbranched alkanes of at least 4 members (excludes halogenated alkanes) is 1. The molecule has 1 amide bonds. The number of para-hydroxylation sites is 3. The van der Waals surface area contributed by atoms with Crippen LogP contribution in [0.5, 0.6) is 5.75 Å². The van der Waals surface area contributed by atoms with Crippen LogP contribution in [0.4, 0.5) is 0 Å². The Morgan fingerprint density at radius 2 is 1.74 bits per heavy atom. The van der Waals surface area contributed by atoms with Gasteiger partial charge in [0.15, 0.2) is 0 Å². The number of hydrogen-bond donors (Lipinski definition) is 1. The largest absolute Gasteiger partial charge is 0.494 e. The maximum absolute atomic E-state index is 12.6. The number of amides is 1. The molecule has 0 aliphatic rings. The second-order valence-corrected chi connectivity index (χ2v) is 8.71. The average molecular weight is 456 g/mol. The molecule has 5 nitrogen and oxygen atoms in total. The highest BCUT2D eigenvalue weighted by Gasteiger charge is 2.12. The zero-order chi connectivity index (χ0) is 23.8. The van der Waals surface area contributed by atoms with Gasteiger partial charge in [0.2, 0.25) is 0 Å². The van der Waals surface area contributed by atoms with Crippen molar-refractivity contribution in [2.75, 3.05) is 13.2 Å². The maximum Gasteiger partial charge on any atom is 0.251 e. The van der Waals surface area contributed by atoms with Gasteiger partial charge in [-0.05, 0) is 69.0 Å². The molecule has 0 aliphatic heterocycles. The summed E-state index contributed by atoms with van der Waals surface area (Å²) in [5.74, 6) is 1.98. The van der Waals surface area contributed by atoms with Crippen LogP contribution in [0.1, 0.15) is 46.6 Å². The Kier molecular flexibility index (Phi) is 7.97. The molecule has 34 heavy (non-hydrogen) atoms. The molecular formula is C29H33N3O2. The van der Waals surface area contributed by atoms with Gasteiger partial charge >= 0.3 is 0 Å². The molecule has 0 saturated heterocycles. The fourth-order valence-corrected chi connectivity index (χ4v) is 4.26. The van der Waals surface area contributed by atoms with E-state index in [-0.39, 0.29) is 5.91 Å². The van der Waals surface area contributed by atoms with E-state index < -0.39 is 0 Å². The minimum absolute atomic E-state index is 0.00980. The molecule has 4 aromatic rings. The molecule has 4 rings (SSSR count). The monoisotopic (exact) mass is 455 g/mol. The number of ether oxygens (including phenoxy) is 1. The summed E-state index contributed by atoms with van der Waals surface area (Å²) >= 11 is 0. The van der Waals surface area contributed by atoms with E-state index in [9.17, 15) is 4.79 Å². The van der Waals surface area contributed by atoms with E-state index in [2.05, 4.69) is 28.1 Å². The van der Waals surface area contributed by atoms with Crippen LogP contribution >= 0.6 is 0 Å². The molecule has 0 bridgehead atoms. The van der Waals surface area contributed by atoms with Crippen molar-refractivity contribution in [2.24, 2.45) is 0 Å². The van der Waals surface area contributed by atoms with Gasteiger partial charge in [-0.1, -0.05) is 48.0 Å². The minimum atomic E-state index is -0.00980. The lowest BCUT2D eigenvalue weighted by atomic mass is 10.1. The number of nitrogens with zero attached hydrogens (tertiary/aromatic N) is 2. The van der Waals surface area contributed by atoms with Crippen LogP contribution in [-0.4, -0.2) is 28.6 Å². The summed E-state index contributed by atoms with van der Waals surface area (Å²) in [5, 5.41) is 3.07. The Labute approximate surface area is 201 Å². The van der Waals surface area contributed by atoms with Crippen molar-refractivity contribution in [3.05, 3.63) is 95.3 Å². The summed E-state index contributed by atoms with van der Waals surface area (Å²) < 4.78 is 8.15. The third-order valence-corrected chi connectivity index (χ3v) is 6.01. The predicted molar refractivity (Wildman–Crippen MR) is 137 cm³/mol. The Morgan fingerprint density at radius 1 is 0.941 bits per heavy atom. The normalized spacial score (nSPS) is 11.0. The number of hydrogen-bond acceptors (Lipinski definition) is 3. The van der Waals surface area contributed by atoms with Crippen LogP contribution < -0.4 is 10.1 Å². The number of nitrogens with one attached hydrogen (secondary N) is 1. The van der Waals surface area contributed by atoms with Gasteiger partial charge in [-0.2, -0.15) is 0 Å². The smallest absolute Gasteiger partial charge is 0.251 e. The molecule has 0 fully saturated rings. The summed E-state index contributed by atoms with van der Waals surface area (Å²) in [6, 6.07) is 24.2. The predicted octanol–water partition coefficient (Wildman–Crippen LogP) is 5.87. The van der Waals surface area contributed by atoms with Gasteiger partial charge in [0.05, 0.1) is 17.6 Å². The molecule has 0 aliphatic carbocycles. The Morgan fingerprint density at radius 3 is 2.56 bits per heavy atom. The van der Waals surface area contributed by atoms with Crippen molar-refractivity contribution in [3.63, 3.8) is 0 Å². The molecule has 1 N–H and O–H groups in total. The second kappa shape index (κ2) is 11.5. The van der Waals surface area contributed by atoms with Gasteiger partial charge in [0, 0.05) is 25.1 Å². The van der Waals surface area contributed by atoms with Gasteiger partial charge in [0.1, 0.15) is 11.6 Å². The van der Waals surface area contributed by atoms with Crippen molar-refractivity contribution < 1.29 is 9.53 Å². The minimum Gasteiger partial charge on any atom is -0.494 e. The number of carbonyl (C=O) groups is 1. The highest BCUT2D eigenvalue weighted by Crippen LogP contribution is 2.18. The number of carbonyl (C=O) groups excluding carboxylic acids is 1. The van der Waals surface area contributed by atoms with E-state index in [1.807, 2.05) is 68.4 Å². The molecule has 0 unspecified atom stereocenters. The van der Waals surface area contributed by atoms with Crippen molar-refractivity contribution in [1.82, 2.24) is 14.9 Å². The number of fused-ring (bicyclic) bond motifs is 1. The van der Waals surface area contributed by atoms with E-state index in [0.717, 1.165) is 60.4 Å².